The van der Waals surface area contributed by atoms with Crippen LogP contribution in [0.15, 0.2) is 30.3 Å². The normalized spacial score (nSPS) is 11.2. The van der Waals surface area contributed by atoms with Crippen LogP contribution >= 0.6 is 47.0 Å². The molecule has 0 saturated carbocycles. The lowest BCUT2D eigenvalue weighted by Crippen LogP contribution is -1.95. The maximum Gasteiger partial charge on any atom is 0.182 e. The van der Waals surface area contributed by atoms with Crippen molar-refractivity contribution < 1.29 is 4.39 Å². The molecule has 0 aliphatic heterocycles. The fraction of sp³-hybridized carbons (Fsp3) is 0. The fourth-order valence-electron chi connectivity index (χ4n) is 2.01. The highest BCUT2D eigenvalue weighted by molar-refractivity contribution is 7.71. The molecule has 0 atom stereocenters. The molecule has 3 aromatic rings. The quantitative estimate of drug-likeness (QED) is 0.436. The van der Waals surface area contributed by atoms with Crippen molar-refractivity contribution in [1.82, 2.24) is 9.55 Å². The summed E-state index contributed by atoms with van der Waals surface area (Å²) in [6.07, 6.45) is 0. The fourth-order valence-corrected chi connectivity index (χ4v) is 2.97. The number of nitrogens with one attached hydrogen (secondary N) is 1. The minimum Gasteiger partial charge on any atom is -0.330 e. The van der Waals surface area contributed by atoms with E-state index in [-0.39, 0.29) is 10.0 Å². The minimum absolute atomic E-state index is 0.0577. The van der Waals surface area contributed by atoms with Crippen LogP contribution in [0, 0.1) is 10.6 Å². The lowest BCUT2D eigenvalue weighted by atomic mass is 10.2. The Labute approximate surface area is 133 Å². The van der Waals surface area contributed by atoms with Gasteiger partial charge < -0.3 is 4.98 Å². The van der Waals surface area contributed by atoms with Crippen LogP contribution in [0.2, 0.25) is 15.1 Å². The molecule has 102 valence electrons. The van der Waals surface area contributed by atoms with Crippen molar-refractivity contribution >= 4 is 58.1 Å². The summed E-state index contributed by atoms with van der Waals surface area (Å²) in [6.45, 7) is 0. The van der Waals surface area contributed by atoms with E-state index in [0.29, 0.717) is 15.5 Å². The summed E-state index contributed by atoms with van der Waals surface area (Å²) in [5.41, 5.74) is 2.16. The zero-order valence-electron chi connectivity index (χ0n) is 9.75. The first-order valence-corrected chi connectivity index (χ1v) is 7.07. The second kappa shape index (κ2) is 5.04. The van der Waals surface area contributed by atoms with Gasteiger partial charge in [0.25, 0.3) is 0 Å². The number of aromatic amines is 1. The largest absolute Gasteiger partial charge is 0.330 e. The van der Waals surface area contributed by atoms with Crippen LogP contribution in [-0.2, 0) is 0 Å². The SMILES string of the molecule is Fc1c(Cl)cc(-n2c(=S)[nH]c3cc(Cl)ccc32)cc1Cl. The predicted molar refractivity (Wildman–Crippen MR) is 83.4 cm³/mol. The summed E-state index contributed by atoms with van der Waals surface area (Å²) in [4.78, 5) is 3.03. The van der Waals surface area contributed by atoms with E-state index in [0.717, 1.165) is 11.0 Å². The smallest absolute Gasteiger partial charge is 0.182 e. The highest BCUT2D eigenvalue weighted by Gasteiger charge is 2.12. The summed E-state index contributed by atoms with van der Waals surface area (Å²) in [5, 5.41) is 0.478. The van der Waals surface area contributed by atoms with Gasteiger partial charge in [0, 0.05) is 5.02 Å². The van der Waals surface area contributed by atoms with Crippen molar-refractivity contribution in [2.45, 2.75) is 0 Å². The summed E-state index contributed by atoms with van der Waals surface area (Å²) >= 11 is 22.9. The summed E-state index contributed by atoms with van der Waals surface area (Å²) in [5.74, 6) is -0.647. The molecule has 20 heavy (non-hydrogen) atoms. The van der Waals surface area contributed by atoms with Gasteiger partial charge in [0.15, 0.2) is 10.6 Å². The van der Waals surface area contributed by atoms with E-state index in [2.05, 4.69) is 4.98 Å². The molecule has 0 amide bonds. The molecule has 1 heterocycles. The van der Waals surface area contributed by atoms with E-state index in [4.69, 9.17) is 47.0 Å². The van der Waals surface area contributed by atoms with Crippen molar-refractivity contribution in [3.05, 3.63) is 56.0 Å². The summed E-state index contributed by atoms with van der Waals surface area (Å²) in [7, 11) is 0. The Morgan fingerprint density at radius 1 is 1.05 bits per heavy atom. The summed E-state index contributed by atoms with van der Waals surface area (Å²) in [6, 6.07) is 8.27. The first-order chi connectivity index (χ1) is 9.47. The number of H-pyrrole nitrogens is 1. The molecule has 0 unspecified atom stereocenters. The van der Waals surface area contributed by atoms with Crippen LogP contribution in [0.3, 0.4) is 0 Å². The van der Waals surface area contributed by atoms with Gasteiger partial charge >= 0.3 is 0 Å². The van der Waals surface area contributed by atoms with Crippen LogP contribution in [0.4, 0.5) is 4.39 Å². The van der Waals surface area contributed by atoms with Gasteiger partial charge in [0.1, 0.15) is 0 Å². The molecule has 0 spiro atoms. The maximum atomic E-state index is 13.5. The average molecular weight is 348 g/mol. The first-order valence-electron chi connectivity index (χ1n) is 5.52. The van der Waals surface area contributed by atoms with E-state index in [1.807, 2.05) is 6.07 Å². The number of rotatable bonds is 1. The van der Waals surface area contributed by atoms with Gasteiger partial charge in [0.2, 0.25) is 0 Å². The second-order valence-corrected chi connectivity index (χ2v) is 5.79. The lowest BCUT2D eigenvalue weighted by molar-refractivity contribution is 0.628. The standard InChI is InChI=1S/C13H6Cl3FN2S/c14-6-1-2-11-10(3-6)18-13(20)19(11)7-4-8(15)12(17)9(16)5-7/h1-5H,(H,18,20). The molecule has 0 aliphatic rings. The zero-order chi connectivity index (χ0) is 14.4. The Morgan fingerprint density at radius 2 is 1.70 bits per heavy atom. The zero-order valence-corrected chi connectivity index (χ0v) is 12.8. The van der Waals surface area contributed by atoms with Gasteiger partial charge in [-0.2, -0.15) is 0 Å². The Morgan fingerprint density at radius 3 is 2.35 bits per heavy atom. The average Bonchev–Trinajstić information content (AvgIpc) is 2.70. The molecular formula is C13H6Cl3FN2S. The van der Waals surface area contributed by atoms with E-state index >= 15 is 0 Å². The molecule has 2 nitrogen and oxygen atoms in total. The van der Waals surface area contributed by atoms with Crippen LogP contribution in [-0.4, -0.2) is 9.55 Å². The van der Waals surface area contributed by atoms with E-state index in [1.165, 1.54) is 12.1 Å². The first kappa shape index (κ1) is 13.9. The minimum atomic E-state index is -0.647. The molecule has 7 heteroatoms. The molecule has 3 rings (SSSR count). The van der Waals surface area contributed by atoms with Gasteiger partial charge in [-0.1, -0.05) is 34.8 Å². The molecule has 2 aromatic carbocycles. The third-order valence-corrected chi connectivity index (χ3v) is 3.94. The molecule has 0 saturated heterocycles. The van der Waals surface area contributed by atoms with Crippen molar-refractivity contribution in [2.75, 3.05) is 0 Å². The van der Waals surface area contributed by atoms with Gasteiger partial charge in [-0.15, -0.1) is 0 Å². The Hall–Kier alpha value is -1.07. The number of benzene rings is 2. The summed E-state index contributed by atoms with van der Waals surface area (Å²) < 4.78 is 15.7. The number of halogens is 4. The number of fused-ring (bicyclic) bond motifs is 1. The lowest BCUT2D eigenvalue weighted by Gasteiger charge is -2.07. The number of hydrogen-bond acceptors (Lipinski definition) is 1. The van der Waals surface area contributed by atoms with Crippen LogP contribution in [0.5, 0.6) is 0 Å². The van der Waals surface area contributed by atoms with Crippen LogP contribution < -0.4 is 0 Å². The number of nitrogens with zero attached hydrogens (tertiary/aromatic N) is 1. The van der Waals surface area contributed by atoms with E-state index in [9.17, 15) is 4.39 Å². The number of imidazole rings is 1. The molecule has 0 fully saturated rings. The molecule has 1 aromatic heterocycles. The van der Waals surface area contributed by atoms with E-state index in [1.54, 1.807) is 16.7 Å². The monoisotopic (exact) mass is 346 g/mol. The van der Waals surface area contributed by atoms with Gasteiger partial charge in [-0.05, 0) is 42.5 Å². The third-order valence-electron chi connectivity index (χ3n) is 2.87. The van der Waals surface area contributed by atoms with Crippen LogP contribution in [0.1, 0.15) is 0 Å². The van der Waals surface area contributed by atoms with Crippen molar-refractivity contribution in [3.8, 4) is 5.69 Å². The second-order valence-electron chi connectivity index (χ2n) is 4.15. The number of aromatic nitrogens is 2. The topological polar surface area (TPSA) is 20.7 Å². The Balaban J connectivity index is 2.35. The Bertz CT molecular complexity index is 862. The molecule has 1 N–H and O–H groups in total. The third kappa shape index (κ3) is 2.23. The van der Waals surface area contributed by atoms with Crippen molar-refractivity contribution in [2.24, 2.45) is 0 Å². The van der Waals surface area contributed by atoms with Crippen LogP contribution in [0.25, 0.3) is 16.7 Å². The predicted octanol–water partition coefficient (Wildman–Crippen LogP) is 5.79. The van der Waals surface area contributed by atoms with Gasteiger partial charge in [-0.25, -0.2) is 4.39 Å². The van der Waals surface area contributed by atoms with E-state index < -0.39 is 5.82 Å². The van der Waals surface area contributed by atoms with Crippen molar-refractivity contribution in [1.29, 1.82) is 0 Å². The molecule has 0 bridgehead atoms. The molecule has 0 radical (unpaired) electrons. The van der Waals surface area contributed by atoms with Crippen molar-refractivity contribution in [3.63, 3.8) is 0 Å². The number of hydrogen-bond donors (Lipinski definition) is 1. The maximum absolute atomic E-state index is 13.5. The molecule has 0 aliphatic carbocycles. The highest BCUT2D eigenvalue weighted by atomic mass is 35.5. The molecular weight excluding hydrogens is 342 g/mol. The van der Waals surface area contributed by atoms with Gasteiger partial charge in [-0.3, -0.25) is 4.57 Å². The Kier molecular flexibility index (Phi) is 3.50. The highest BCUT2D eigenvalue weighted by Crippen LogP contribution is 2.29. The van der Waals surface area contributed by atoms with Gasteiger partial charge in [0.05, 0.1) is 26.8 Å².